The number of alkyl halides is 3. The van der Waals surface area contributed by atoms with Crippen molar-refractivity contribution in [1.29, 1.82) is 0 Å². The van der Waals surface area contributed by atoms with Crippen LogP contribution in [0.5, 0.6) is 0 Å². The Morgan fingerprint density at radius 3 is 2.37 bits per heavy atom. The maximum Gasteiger partial charge on any atom is 0.416 e. The van der Waals surface area contributed by atoms with Crippen molar-refractivity contribution < 1.29 is 26.4 Å². The molecule has 1 fully saturated rings. The summed E-state index contributed by atoms with van der Waals surface area (Å²) in [5, 5.41) is 0.0944. The van der Waals surface area contributed by atoms with Crippen LogP contribution in [-0.4, -0.2) is 57.4 Å². The number of piperazine rings is 1. The lowest BCUT2D eigenvalue weighted by atomic mass is 10.2. The van der Waals surface area contributed by atoms with Crippen LogP contribution in [0.15, 0.2) is 47.4 Å². The first-order chi connectivity index (χ1) is 14.0. The van der Waals surface area contributed by atoms with Gasteiger partial charge in [0.05, 0.1) is 21.0 Å². The molecule has 1 amide bonds. The predicted molar refractivity (Wildman–Crippen MR) is 107 cm³/mol. The molecule has 0 saturated carbocycles. The number of carbonyl (C=O) groups is 1. The van der Waals surface area contributed by atoms with Crippen molar-refractivity contribution in [1.82, 2.24) is 9.80 Å². The number of benzene rings is 2. The zero-order valence-electron chi connectivity index (χ0n) is 15.9. The van der Waals surface area contributed by atoms with E-state index < -0.39 is 27.7 Å². The second kappa shape index (κ2) is 8.44. The van der Waals surface area contributed by atoms with Gasteiger partial charge in [-0.05, 0) is 43.4 Å². The van der Waals surface area contributed by atoms with Crippen molar-refractivity contribution in [2.45, 2.75) is 11.1 Å². The Morgan fingerprint density at radius 1 is 1.07 bits per heavy atom. The Morgan fingerprint density at radius 2 is 1.73 bits per heavy atom. The van der Waals surface area contributed by atoms with E-state index in [4.69, 9.17) is 11.6 Å². The molecule has 11 heteroatoms. The third-order valence-corrected chi connectivity index (χ3v) is 6.42. The summed E-state index contributed by atoms with van der Waals surface area (Å²) in [6.45, 7) is 2.31. The minimum Gasteiger partial charge on any atom is -0.336 e. The van der Waals surface area contributed by atoms with Crippen LogP contribution in [0, 0.1) is 0 Å². The fourth-order valence-electron chi connectivity index (χ4n) is 2.99. The van der Waals surface area contributed by atoms with Crippen molar-refractivity contribution in [3.8, 4) is 0 Å². The predicted octanol–water partition coefficient (Wildman–Crippen LogP) is 3.55. The second-order valence-electron chi connectivity index (χ2n) is 6.92. The van der Waals surface area contributed by atoms with Gasteiger partial charge in [0.2, 0.25) is 0 Å². The van der Waals surface area contributed by atoms with E-state index in [9.17, 15) is 26.4 Å². The monoisotopic (exact) mass is 461 g/mol. The molecule has 0 aliphatic carbocycles. The number of sulfonamides is 1. The highest BCUT2D eigenvalue weighted by Crippen LogP contribution is 2.31. The molecular formula is C19H19ClF3N3O3S. The molecule has 0 spiro atoms. The molecule has 1 heterocycles. The van der Waals surface area contributed by atoms with E-state index in [-0.39, 0.29) is 21.2 Å². The van der Waals surface area contributed by atoms with Gasteiger partial charge in [-0.1, -0.05) is 17.7 Å². The lowest BCUT2D eigenvalue weighted by molar-refractivity contribution is -0.137. The quantitative estimate of drug-likeness (QED) is 0.756. The summed E-state index contributed by atoms with van der Waals surface area (Å²) in [6, 6.07) is 7.46. The maximum atomic E-state index is 12.9. The first kappa shape index (κ1) is 22.4. The fraction of sp³-hybridized carbons (Fsp3) is 0.316. The summed E-state index contributed by atoms with van der Waals surface area (Å²) < 4.78 is 66.1. The standard InChI is InChI=1S/C19H19ClF3N3O3S/c1-25-7-9-26(10-8-25)18(27)16-12-15(5-6-17(16)20)30(28,29)24-14-4-2-3-13(11-14)19(21,22)23/h2-6,11-12,24H,7-10H2,1H3. The van der Waals surface area contributed by atoms with Gasteiger partial charge in [0.1, 0.15) is 0 Å². The molecule has 1 N–H and O–H groups in total. The van der Waals surface area contributed by atoms with Gasteiger partial charge in [0.25, 0.3) is 15.9 Å². The smallest absolute Gasteiger partial charge is 0.336 e. The number of amides is 1. The van der Waals surface area contributed by atoms with E-state index in [0.717, 1.165) is 18.2 Å². The van der Waals surface area contributed by atoms with Gasteiger partial charge in [0.15, 0.2) is 0 Å². The lowest BCUT2D eigenvalue weighted by Crippen LogP contribution is -2.47. The van der Waals surface area contributed by atoms with Crippen molar-refractivity contribution in [2.24, 2.45) is 0 Å². The molecule has 1 aliphatic rings. The van der Waals surface area contributed by atoms with Crippen LogP contribution in [0.1, 0.15) is 15.9 Å². The molecular weight excluding hydrogens is 443 g/mol. The number of hydrogen-bond donors (Lipinski definition) is 1. The van der Waals surface area contributed by atoms with Crippen LogP contribution in [0.4, 0.5) is 18.9 Å². The van der Waals surface area contributed by atoms with Gasteiger partial charge in [0, 0.05) is 31.9 Å². The van der Waals surface area contributed by atoms with Gasteiger partial charge in [-0.2, -0.15) is 13.2 Å². The molecule has 0 aromatic heterocycles. The number of rotatable bonds is 4. The zero-order chi connectivity index (χ0) is 22.1. The van der Waals surface area contributed by atoms with Crippen LogP contribution in [0.25, 0.3) is 0 Å². The highest BCUT2D eigenvalue weighted by atomic mass is 35.5. The molecule has 30 heavy (non-hydrogen) atoms. The summed E-state index contributed by atoms with van der Waals surface area (Å²) in [5.74, 6) is -0.399. The Labute approximate surface area is 177 Å². The van der Waals surface area contributed by atoms with E-state index in [1.54, 1.807) is 4.90 Å². The molecule has 6 nitrogen and oxygen atoms in total. The van der Waals surface area contributed by atoms with Gasteiger partial charge in [-0.3, -0.25) is 9.52 Å². The van der Waals surface area contributed by atoms with E-state index in [1.165, 1.54) is 18.2 Å². The van der Waals surface area contributed by atoms with E-state index in [0.29, 0.717) is 32.2 Å². The molecule has 162 valence electrons. The molecule has 2 aromatic rings. The van der Waals surface area contributed by atoms with Crippen molar-refractivity contribution in [3.05, 3.63) is 58.6 Å². The Kier molecular flexibility index (Phi) is 6.30. The molecule has 0 atom stereocenters. The zero-order valence-corrected chi connectivity index (χ0v) is 17.5. The SMILES string of the molecule is CN1CCN(C(=O)c2cc(S(=O)(=O)Nc3cccc(C(F)(F)F)c3)ccc2Cl)CC1. The highest BCUT2D eigenvalue weighted by Gasteiger charge is 2.31. The molecule has 1 aliphatic heterocycles. The number of hydrogen-bond acceptors (Lipinski definition) is 4. The highest BCUT2D eigenvalue weighted by molar-refractivity contribution is 7.92. The molecule has 3 rings (SSSR count). The van der Waals surface area contributed by atoms with Gasteiger partial charge in [-0.25, -0.2) is 8.42 Å². The van der Waals surface area contributed by atoms with E-state index in [1.807, 2.05) is 7.05 Å². The average molecular weight is 462 g/mol. The Hall–Kier alpha value is -2.30. The Bertz CT molecular complexity index is 1050. The minimum absolute atomic E-state index is 0.0214. The van der Waals surface area contributed by atoms with Crippen molar-refractivity contribution >= 4 is 33.2 Å². The third kappa shape index (κ3) is 5.05. The van der Waals surface area contributed by atoms with Crippen molar-refractivity contribution in [2.75, 3.05) is 37.9 Å². The lowest BCUT2D eigenvalue weighted by Gasteiger charge is -2.32. The van der Waals surface area contributed by atoms with Gasteiger partial charge < -0.3 is 9.80 Å². The third-order valence-electron chi connectivity index (χ3n) is 4.71. The van der Waals surface area contributed by atoms with Gasteiger partial charge in [-0.15, -0.1) is 0 Å². The van der Waals surface area contributed by atoms with Crippen LogP contribution >= 0.6 is 11.6 Å². The molecule has 2 aromatic carbocycles. The normalized spacial score (nSPS) is 15.8. The first-order valence-corrected chi connectivity index (χ1v) is 10.8. The average Bonchev–Trinajstić information content (AvgIpc) is 2.67. The summed E-state index contributed by atoms with van der Waals surface area (Å²) in [7, 11) is -2.31. The summed E-state index contributed by atoms with van der Waals surface area (Å²) in [4.78, 5) is 16.2. The topological polar surface area (TPSA) is 69.7 Å². The van der Waals surface area contributed by atoms with Crippen molar-refractivity contribution in [3.63, 3.8) is 0 Å². The number of carbonyl (C=O) groups excluding carboxylic acids is 1. The number of nitrogens with one attached hydrogen (secondary N) is 1. The van der Waals surface area contributed by atoms with Crippen LogP contribution in [-0.2, 0) is 16.2 Å². The fourth-order valence-corrected chi connectivity index (χ4v) is 4.26. The summed E-state index contributed by atoms with van der Waals surface area (Å²) in [5.41, 5.74) is -1.20. The number of halogens is 4. The maximum absolute atomic E-state index is 12.9. The first-order valence-electron chi connectivity index (χ1n) is 8.95. The second-order valence-corrected chi connectivity index (χ2v) is 9.01. The molecule has 1 saturated heterocycles. The number of nitrogens with zero attached hydrogens (tertiary/aromatic N) is 2. The molecule has 0 radical (unpaired) electrons. The van der Waals surface area contributed by atoms with E-state index in [2.05, 4.69) is 9.62 Å². The van der Waals surface area contributed by atoms with Crippen LogP contribution in [0.3, 0.4) is 0 Å². The summed E-state index contributed by atoms with van der Waals surface area (Å²) in [6.07, 6.45) is -4.61. The summed E-state index contributed by atoms with van der Waals surface area (Å²) >= 11 is 6.12. The van der Waals surface area contributed by atoms with Crippen LogP contribution in [0.2, 0.25) is 5.02 Å². The number of likely N-dealkylation sites (N-methyl/N-ethyl adjacent to an activating group) is 1. The van der Waals surface area contributed by atoms with E-state index >= 15 is 0 Å². The van der Waals surface area contributed by atoms with Gasteiger partial charge >= 0.3 is 6.18 Å². The largest absolute Gasteiger partial charge is 0.416 e. The minimum atomic E-state index is -4.61. The molecule has 0 bridgehead atoms. The number of anilines is 1. The Balaban J connectivity index is 1.87. The molecule has 0 unspecified atom stereocenters. The van der Waals surface area contributed by atoms with Crippen LogP contribution < -0.4 is 4.72 Å².